The first-order chi connectivity index (χ1) is 8.00. The molecular formula is C11H10BrN3O2. The first kappa shape index (κ1) is 11.8. The Kier molecular flexibility index (Phi) is 2.97. The van der Waals surface area contributed by atoms with Crippen LogP contribution in [0.1, 0.15) is 11.4 Å². The van der Waals surface area contributed by atoms with Crippen molar-refractivity contribution in [3.05, 3.63) is 50.5 Å². The maximum Gasteiger partial charge on any atom is 0.294 e. The van der Waals surface area contributed by atoms with Crippen LogP contribution >= 0.6 is 15.9 Å². The van der Waals surface area contributed by atoms with E-state index >= 15 is 0 Å². The van der Waals surface area contributed by atoms with Crippen LogP contribution in [0.25, 0.3) is 5.69 Å². The van der Waals surface area contributed by atoms with Gasteiger partial charge in [0, 0.05) is 16.2 Å². The number of hydrogen-bond acceptors (Lipinski definition) is 3. The van der Waals surface area contributed by atoms with E-state index in [1.165, 1.54) is 6.07 Å². The number of aryl methyl sites for hydroxylation is 1. The van der Waals surface area contributed by atoms with Gasteiger partial charge in [0.2, 0.25) is 0 Å². The second-order valence-electron chi connectivity index (χ2n) is 3.68. The molecule has 0 unspecified atom stereocenters. The van der Waals surface area contributed by atoms with Crippen molar-refractivity contribution >= 4 is 21.6 Å². The molecule has 0 bridgehead atoms. The summed E-state index contributed by atoms with van der Waals surface area (Å²) >= 11 is 3.23. The molecule has 2 aromatic rings. The van der Waals surface area contributed by atoms with Crippen molar-refractivity contribution in [1.82, 2.24) is 9.55 Å². The third-order valence-corrected chi connectivity index (χ3v) is 3.14. The number of nitro benzene ring substituents is 1. The van der Waals surface area contributed by atoms with Gasteiger partial charge in [0.15, 0.2) is 0 Å². The second kappa shape index (κ2) is 4.29. The standard InChI is InChI=1S/C11H10BrN3O2/c1-7-8(2)14(6-13-7)10-4-3-9(12)5-11(10)15(16)17/h3-6H,1-2H3. The minimum absolute atomic E-state index is 0.0554. The predicted molar refractivity (Wildman–Crippen MR) is 67.4 cm³/mol. The number of hydrogen-bond donors (Lipinski definition) is 0. The lowest BCUT2D eigenvalue weighted by Gasteiger charge is -2.06. The van der Waals surface area contributed by atoms with Crippen molar-refractivity contribution in [2.24, 2.45) is 0 Å². The van der Waals surface area contributed by atoms with Crippen molar-refractivity contribution in [1.29, 1.82) is 0 Å². The first-order valence-corrected chi connectivity index (χ1v) is 5.75. The van der Waals surface area contributed by atoms with Gasteiger partial charge in [-0.3, -0.25) is 14.7 Å². The summed E-state index contributed by atoms with van der Waals surface area (Å²) in [5, 5.41) is 11.0. The molecule has 1 aromatic carbocycles. The fraction of sp³-hybridized carbons (Fsp3) is 0.182. The molecule has 0 saturated heterocycles. The van der Waals surface area contributed by atoms with Crippen LogP contribution in [-0.2, 0) is 0 Å². The fourth-order valence-electron chi connectivity index (χ4n) is 1.59. The van der Waals surface area contributed by atoms with Gasteiger partial charge in [-0.25, -0.2) is 4.98 Å². The van der Waals surface area contributed by atoms with Crippen LogP contribution in [0.5, 0.6) is 0 Å². The Morgan fingerprint density at radius 3 is 2.65 bits per heavy atom. The molecule has 2 rings (SSSR count). The topological polar surface area (TPSA) is 61.0 Å². The van der Waals surface area contributed by atoms with Gasteiger partial charge in [0.25, 0.3) is 5.69 Å². The Bertz CT molecular complexity index is 592. The molecule has 1 aromatic heterocycles. The minimum Gasteiger partial charge on any atom is -0.297 e. The third-order valence-electron chi connectivity index (χ3n) is 2.65. The summed E-state index contributed by atoms with van der Waals surface area (Å²) in [6.45, 7) is 3.75. The average molecular weight is 296 g/mol. The Labute approximate surface area is 106 Å². The molecule has 0 radical (unpaired) electrons. The van der Waals surface area contributed by atoms with E-state index in [2.05, 4.69) is 20.9 Å². The van der Waals surface area contributed by atoms with Crippen LogP contribution in [0, 0.1) is 24.0 Å². The van der Waals surface area contributed by atoms with E-state index in [4.69, 9.17) is 0 Å². The molecule has 6 heteroatoms. The molecule has 0 fully saturated rings. The smallest absolute Gasteiger partial charge is 0.294 e. The largest absolute Gasteiger partial charge is 0.297 e. The highest BCUT2D eigenvalue weighted by molar-refractivity contribution is 9.10. The average Bonchev–Trinajstić information content (AvgIpc) is 2.60. The molecule has 0 spiro atoms. The SMILES string of the molecule is Cc1ncn(-c2ccc(Br)cc2[N+](=O)[O-])c1C. The van der Waals surface area contributed by atoms with E-state index in [0.29, 0.717) is 10.2 Å². The molecule has 0 N–H and O–H groups in total. The summed E-state index contributed by atoms with van der Waals surface area (Å²) in [5.41, 5.74) is 2.34. The molecule has 0 aliphatic heterocycles. The number of nitrogens with zero attached hydrogens (tertiary/aromatic N) is 3. The van der Waals surface area contributed by atoms with Crippen LogP contribution in [0.2, 0.25) is 0 Å². The van der Waals surface area contributed by atoms with Gasteiger partial charge in [-0.1, -0.05) is 15.9 Å². The molecule has 0 amide bonds. The Balaban J connectivity index is 2.67. The van der Waals surface area contributed by atoms with Gasteiger partial charge in [0.05, 0.1) is 16.9 Å². The van der Waals surface area contributed by atoms with Crippen molar-refractivity contribution in [3.8, 4) is 5.69 Å². The van der Waals surface area contributed by atoms with Crippen molar-refractivity contribution in [2.45, 2.75) is 13.8 Å². The molecule has 0 aliphatic rings. The van der Waals surface area contributed by atoms with E-state index in [0.717, 1.165) is 11.4 Å². The second-order valence-corrected chi connectivity index (χ2v) is 4.59. The van der Waals surface area contributed by atoms with Crippen LogP contribution in [-0.4, -0.2) is 14.5 Å². The Morgan fingerprint density at radius 1 is 1.41 bits per heavy atom. The number of benzene rings is 1. The predicted octanol–water partition coefficient (Wildman–Crippen LogP) is 3.16. The highest BCUT2D eigenvalue weighted by Crippen LogP contribution is 2.28. The van der Waals surface area contributed by atoms with E-state index in [9.17, 15) is 10.1 Å². The first-order valence-electron chi connectivity index (χ1n) is 4.95. The van der Waals surface area contributed by atoms with Gasteiger partial charge in [-0.15, -0.1) is 0 Å². The van der Waals surface area contributed by atoms with E-state index < -0.39 is 4.92 Å². The monoisotopic (exact) mass is 295 g/mol. The maximum absolute atomic E-state index is 11.0. The Morgan fingerprint density at radius 2 is 2.12 bits per heavy atom. The summed E-state index contributed by atoms with van der Waals surface area (Å²) in [5.74, 6) is 0. The number of imidazole rings is 1. The lowest BCUT2D eigenvalue weighted by molar-refractivity contribution is -0.384. The van der Waals surface area contributed by atoms with Crippen LogP contribution in [0.3, 0.4) is 0 Å². The summed E-state index contributed by atoms with van der Waals surface area (Å²) in [7, 11) is 0. The molecule has 17 heavy (non-hydrogen) atoms. The molecule has 0 atom stereocenters. The van der Waals surface area contributed by atoms with Gasteiger partial charge in [-0.05, 0) is 26.0 Å². The number of rotatable bonds is 2. The van der Waals surface area contributed by atoms with Crippen LogP contribution in [0.4, 0.5) is 5.69 Å². The van der Waals surface area contributed by atoms with Gasteiger partial charge >= 0.3 is 0 Å². The van der Waals surface area contributed by atoms with Gasteiger partial charge in [-0.2, -0.15) is 0 Å². The quantitative estimate of drug-likeness (QED) is 0.631. The van der Waals surface area contributed by atoms with E-state index in [1.807, 2.05) is 13.8 Å². The molecule has 88 valence electrons. The molecule has 0 saturated carbocycles. The maximum atomic E-state index is 11.0. The molecule has 1 heterocycles. The summed E-state index contributed by atoms with van der Waals surface area (Å²) in [6, 6.07) is 4.97. The molecular weight excluding hydrogens is 286 g/mol. The van der Waals surface area contributed by atoms with E-state index in [-0.39, 0.29) is 5.69 Å². The summed E-state index contributed by atoms with van der Waals surface area (Å²) in [6.07, 6.45) is 1.60. The van der Waals surface area contributed by atoms with Crippen molar-refractivity contribution in [3.63, 3.8) is 0 Å². The number of nitro groups is 1. The third kappa shape index (κ3) is 2.08. The normalized spacial score (nSPS) is 10.5. The summed E-state index contributed by atoms with van der Waals surface area (Å²) in [4.78, 5) is 14.8. The zero-order valence-corrected chi connectivity index (χ0v) is 10.9. The van der Waals surface area contributed by atoms with Crippen molar-refractivity contribution < 1.29 is 4.92 Å². The highest BCUT2D eigenvalue weighted by Gasteiger charge is 2.17. The summed E-state index contributed by atoms with van der Waals surface area (Å²) < 4.78 is 2.40. The lowest BCUT2D eigenvalue weighted by Crippen LogP contribution is -2.01. The minimum atomic E-state index is -0.394. The van der Waals surface area contributed by atoms with Gasteiger partial charge in [0.1, 0.15) is 5.69 Å². The lowest BCUT2D eigenvalue weighted by atomic mass is 10.2. The van der Waals surface area contributed by atoms with Crippen molar-refractivity contribution in [2.75, 3.05) is 0 Å². The molecule has 0 aliphatic carbocycles. The van der Waals surface area contributed by atoms with E-state index in [1.54, 1.807) is 23.0 Å². The molecule has 5 nitrogen and oxygen atoms in total. The number of halogens is 1. The van der Waals surface area contributed by atoms with Crippen LogP contribution < -0.4 is 0 Å². The van der Waals surface area contributed by atoms with Crippen LogP contribution in [0.15, 0.2) is 29.0 Å². The Hall–Kier alpha value is -1.69. The highest BCUT2D eigenvalue weighted by atomic mass is 79.9. The zero-order valence-electron chi connectivity index (χ0n) is 9.35. The number of aromatic nitrogens is 2. The van der Waals surface area contributed by atoms with Gasteiger partial charge < -0.3 is 0 Å². The fourth-order valence-corrected chi connectivity index (χ4v) is 1.94. The zero-order chi connectivity index (χ0) is 12.6.